The first-order valence-electron chi connectivity index (χ1n) is 17.9. The quantitative estimate of drug-likeness (QED) is 0.0620. The van der Waals surface area contributed by atoms with Gasteiger partial charge in [0.25, 0.3) is 0 Å². The monoisotopic (exact) mass is 573 g/mol. The van der Waals surface area contributed by atoms with Gasteiger partial charge in [0.15, 0.2) is 0 Å². The number of hydrogen-bond acceptors (Lipinski definition) is 2. The fraction of sp³-hybridized carbons (Fsp3) is 1.00. The lowest BCUT2D eigenvalue weighted by atomic mass is 10.0. The van der Waals surface area contributed by atoms with Crippen molar-refractivity contribution in [2.75, 3.05) is 0 Å². The van der Waals surface area contributed by atoms with Crippen molar-refractivity contribution in [3.05, 3.63) is 0 Å². The molecule has 0 aromatic rings. The smallest absolute Gasteiger partial charge is 0.00141 e. The summed E-state index contributed by atoms with van der Waals surface area (Å²) in [5, 5.41) is 1.24. The Kier molecular flexibility index (Phi) is 40.5. The largest absolute Gasteiger partial charge is 0.176 e. The summed E-state index contributed by atoms with van der Waals surface area (Å²) >= 11 is 8.96. The van der Waals surface area contributed by atoms with Crippen LogP contribution in [0.15, 0.2) is 0 Å². The van der Waals surface area contributed by atoms with E-state index < -0.39 is 0 Å². The number of hydrogen-bond donors (Lipinski definition) is 2. The predicted octanol–water partition coefficient (Wildman–Crippen LogP) is 14.4. The lowest BCUT2D eigenvalue weighted by Crippen LogP contribution is -1.95. The fourth-order valence-corrected chi connectivity index (χ4v) is 5.60. The van der Waals surface area contributed by atoms with Crippen LogP contribution in [0.4, 0.5) is 0 Å². The molecular weight excluding hydrogens is 497 g/mol. The molecule has 0 aliphatic rings. The molecule has 0 aliphatic carbocycles. The number of rotatable bonds is 30. The molecule has 0 fully saturated rings. The molecule has 0 radical (unpaired) electrons. The van der Waals surface area contributed by atoms with Crippen molar-refractivity contribution in [3.63, 3.8) is 0 Å². The van der Waals surface area contributed by atoms with Crippen molar-refractivity contribution >= 4 is 25.3 Å². The third-order valence-electron chi connectivity index (χ3n) is 8.09. The van der Waals surface area contributed by atoms with E-state index in [-0.39, 0.29) is 0 Å². The van der Waals surface area contributed by atoms with Crippen LogP contribution in [0.25, 0.3) is 0 Å². The van der Waals surface area contributed by atoms with Crippen molar-refractivity contribution in [2.24, 2.45) is 0 Å². The summed E-state index contributed by atoms with van der Waals surface area (Å²) in [5.41, 5.74) is 0. The van der Waals surface area contributed by atoms with Gasteiger partial charge < -0.3 is 0 Å². The lowest BCUT2D eigenvalue weighted by Gasteiger charge is -2.06. The Hall–Kier alpha value is 0.700. The third-order valence-corrected chi connectivity index (χ3v) is 8.97. The first kappa shape index (κ1) is 40.8. The molecule has 2 unspecified atom stereocenters. The van der Waals surface area contributed by atoms with E-state index in [1.54, 1.807) is 0 Å². The molecule has 0 N–H and O–H groups in total. The van der Waals surface area contributed by atoms with Gasteiger partial charge in [-0.25, -0.2) is 0 Å². The summed E-state index contributed by atoms with van der Waals surface area (Å²) in [6.45, 7) is 9.02. The molecule has 0 saturated heterocycles. The van der Waals surface area contributed by atoms with E-state index in [2.05, 4.69) is 53.0 Å². The minimum absolute atomic E-state index is 0.595. The van der Waals surface area contributed by atoms with Crippen LogP contribution in [0.5, 0.6) is 0 Å². The number of thiol groups is 2. The van der Waals surface area contributed by atoms with Crippen molar-refractivity contribution < 1.29 is 0 Å². The molecule has 0 nitrogen and oxygen atoms in total. The van der Waals surface area contributed by atoms with E-state index >= 15 is 0 Å². The number of unbranched alkanes of at least 4 members (excludes halogenated alkanes) is 25. The van der Waals surface area contributed by atoms with Crippen LogP contribution in [0.3, 0.4) is 0 Å². The van der Waals surface area contributed by atoms with Gasteiger partial charge in [0.1, 0.15) is 0 Å². The normalized spacial score (nSPS) is 12.8. The highest BCUT2D eigenvalue weighted by Gasteiger charge is 1.99. The molecule has 232 valence electrons. The Morgan fingerprint density at radius 2 is 0.579 bits per heavy atom. The van der Waals surface area contributed by atoms with E-state index in [0.717, 1.165) is 0 Å². The van der Waals surface area contributed by atoms with Gasteiger partial charge in [0.05, 0.1) is 0 Å². The Balaban J connectivity index is 0. The molecule has 0 rings (SSSR count). The summed E-state index contributed by atoms with van der Waals surface area (Å²) in [7, 11) is 0. The molecule has 0 saturated carbocycles. The molecule has 0 aromatic carbocycles. The molecule has 0 aromatic heterocycles. The van der Waals surface area contributed by atoms with Crippen LogP contribution < -0.4 is 0 Å². The zero-order chi connectivity index (χ0) is 28.4. The maximum absolute atomic E-state index is 4.54. The van der Waals surface area contributed by atoms with E-state index in [1.807, 2.05) is 0 Å². The maximum Gasteiger partial charge on any atom is 0.00141 e. The van der Waals surface area contributed by atoms with Gasteiger partial charge in [0, 0.05) is 5.25 Å². The molecule has 38 heavy (non-hydrogen) atoms. The molecule has 0 spiro atoms. The van der Waals surface area contributed by atoms with Gasteiger partial charge in [-0.15, -0.1) is 0 Å². The second-order valence-corrected chi connectivity index (χ2v) is 13.9. The van der Waals surface area contributed by atoms with Crippen LogP contribution in [0, 0.1) is 0 Å². The molecule has 0 aliphatic heterocycles. The van der Waals surface area contributed by atoms with Crippen LogP contribution in [-0.2, 0) is 0 Å². The van der Waals surface area contributed by atoms with E-state index in [0.29, 0.717) is 10.5 Å². The summed E-state index contributed by atoms with van der Waals surface area (Å²) < 4.78 is 0. The minimum Gasteiger partial charge on any atom is -0.176 e. The van der Waals surface area contributed by atoms with Crippen molar-refractivity contribution in [2.45, 2.75) is 231 Å². The predicted molar refractivity (Wildman–Crippen MR) is 187 cm³/mol. The maximum atomic E-state index is 4.54. The highest BCUT2D eigenvalue weighted by Crippen LogP contribution is 2.16. The second-order valence-electron chi connectivity index (χ2n) is 12.3. The van der Waals surface area contributed by atoms with Crippen LogP contribution in [0.1, 0.15) is 220 Å². The Bertz CT molecular complexity index is 382. The zero-order valence-electron chi connectivity index (χ0n) is 27.3. The summed E-state index contributed by atoms with van der Waals surface area (Å²) in [5.74, 6) is 0. The molecule has 2 atom stereocenters. The first-order chi connectivity index (χ1) is 18.6. The summed E-state index contributed by atoms with van der Waals surface area (Å²) in [4.78, 5) is 0. The van der Waals surface area contributed by atoms with Gasteiger partial charge >= 0.3 is 0 Å². The second kappa shape index (κ2) is 37.7. The van der Waals surface area contributed by atoms with Crippen molar-refractivity contribution in [3.8, 4) is 0 Å². The summed E-state index contributed by atoms with van der Waals surface area (Å²) in [6.07, 6.45) is 42.9. The van der Waals surface area contributed by atoms with E-state index in [9.17, 15) is 0 Å². The summed E-state index contributed by atoms with van der Waals surface area (Å²) in [6, 6.07) is 0. The zero-order valence-corrected chi connectivity index (χ0v) is 29.1. The third kappa shape index (κ3) is 41.2. The van der Waals surface area contributed by atoms with Gasteiger partial charge in [0.2, 0.25) is 0 Å². The van der Waals surface area contributed by atoms with Gasteiger partial charge in [-0.3, -0.25) is 0 Å². The molecule has 0 bridgehead atoms. The van der Waals surface area contributed by atoms with E-state index in [1.165, 1.54) is 193 Å². The van der Waals surface area contributed by atoms with Crippen molar-refractivity contribution in [1.29, 1.82) is 0 Å². The van der Waals surface area contributed by atoms with E-state index in [4.69, 9.17) is 0 Å². The van der Waals surface area contributed by atoms with Gasteiger partial charge in [-0.2, -0.15) is 25.3 Å². The first-order valence-corrected chi connectivity index (χ1v) is 19.0. The average molecular weight is 573 g/mol. The minimum atomic E-state index is 0.595. The highest BCUT2D eigenvalue weighted by molar-refractivity contribution is 7.81. The SMILES string of the molecule is CCCCCCCCCCCCCCCC(S)CC.CCCCCCCCCCCCCCCCC(C)S. The highest BCUT2D eigenvalue weighted by atomic mass is 32.1. The topological polar surface area (TPSA) is 0 Å². The standard InChI is InChI=1S/2C18H38S/c1-3-4-5-6-7-8-9-10-11-12-13-14-15-16-17-18(2)19;1-3-5-6-7-8-9-10-11-12-13-14-15-16-17-18(19)4-2/h2*18-19H,3-17H2,1-2H3. The van der Waals surface area contributed by atoms with Crippen LogP contribution >= 0.6 is 25.3 Å². The van der Waals surface area contributed by atoms with Crippen molar-refractivity contribution in [1.82, 2.24) is 0 Å². The molecule has 0 amide bonds. The van der Waals surface area contributed by atoms with Gasteiger partial charge in [-0.1, -0.05) is 201 Å². The van der Waals surface area contributed by atoms with Crippen LogP contribution in [0.2, 0.25) is 0 Å². The molecular formula is C36H76S2. The Labute approximate surface area is 255 Å². The molecule has 0 heterocycles. The van der Waals surface area contributed by atoms with Gasteiger partial charge in [-0.05, 0) is 24.5 Å². The Morgan fingerprint density at radius 3 is 0.816 bits per heavy atom. The van der Waals surface area contributed by atoms with Crippen LogP contribution in [-0.4, -0.2) is 10.5 Å². The molecule has 2 heteroatoms. The average Bonchev–Trinajstić information content (AvgIpc) is 2.91. The Morgan fingerprint density at radius 1 is 0.342 bits per heavy atom. The lowest BCUT2D eigenvalue weighted by molar-refractivity contribution is 0.532. The fourth-order valence-electron chi connectivity index (χ4n) is 5.24.